The summed E-state index contributed by atoms with van der Waals surface area (Å²) in [6, 6.07) is 26.4. The van der Waals surface area contributed by atoms with Crippen LogP contribution in [0.15, 0.2) is 84.9 Å². The minimum Gasteiger partial charge on any atom is -0.382 e. The van der Waals surface area contributed by atoms with Gasteiger partial charge in [-0.05, 0) is 36.2 Å². The van der Waals surface area contributed by atoms with Gasteiger partial charge in [-0.25, -0.2) is 9.48 Å². The Hall–Kier alpha value is -3.77. The Labute approximate surface area is 185 Å². The van der Waals surface area contributed by atoms with Gasteiger partial charge in [0.1, 0.15) is 11.4 Å². The van der Waals surface area contributed by atoms with Gasteiger partial charge in [-0.1, -0.05) is 72.3 Å². The lowest BCUT2D eigenvalue weighted by Crippen LogP contribution is -2.30. The molecule has 2 amide bonds. The van der Waals surface area contributed by atoms with Crippen molar-refractivity contribution in [1.29, 1.82) is 0 Å². The van der Waals surface area contributed by atoms with Crippen molar-refractivity contribution in [3.05, 3.63) is 95.5 Å². The summed E-state index contributed by atoms with van der Waals surface area (Å²) in [5, 5.41) is 11.0. The number of amides is 2. The van der Waals surface area contributed by atoms with Crippen molar-refractivity contribution in [2.24, 2.45) is 0 Å². The molecule has 0 radical (unpaired) electrons. The molecule has 0 saturated heterocycles. The number of carbonyl (C=O) groups excluding carboxylic acids is 1. The number of nitrogens with two attached hydrogens (primary N) is 1. The van der Waals surface area contributed by atoms with Gasteiger partial charge in [-0.3, -0.25) is 0 Å². The fraction of sp³-hybridized carbons (Fsp3) is 0.0833. The van der Waals surface area contributed by atoms with Gasteiger partial charge in [0, 0.05) is 17.1 Å². The van der Waals surface area contributed by atoms with Crippen LogP contribution < -0.4 is 16.4 Å². The minimum absolute atomic E-state index is 0.333. The summed E-state index contributed by atoms with van der Waals surface area (Å²) in [5.41, 5.74) is 10.2. The zero-order valence-electron chi connectivity index (χ0n) is 16.8. The lowest BCUT2D eigenvalue weighted by Gasteiger charge is -2.09. The van der Waals surface area contributed by atoms with Crippen LogP contribution in [-0.4, -0.2) is 22.4 Å². The molecule has 7 heteroatoms. The highest BCUT2D eigenvalue weighted by atomic mass is 35.5. The van der Waals surface area contributed by atoms with Crippen LogP contribution in [0.1, 0.15) is 5.56 Å². The lowest BCUT2D eigenvalue weighted by atomic mass is 10.1. The third-order valence-electron chi connectivity index (χ3n) is 4.82. The van der Waals surface area contributed by atoms with Gasteiger partial charge in [0.2, 0.25) is 0 Å². The Balaban J connectivity index is 1.57. The summed E-state index contributed by atoms with van der Waals surface area (Å²) in [4.78, 5) is 12.6. The molecule has 4 N–H and O–H groups in total. The monoisotopic (exact) mass is 431 g/mol. The van der Waals surface area contributed by atoms with Crippen LogP contribution in [0.4, 0.5) is 16.3 Å². The smallest absolute Gasteiger partial charge is 0.319 e. The molecule has 0 spiro atoms. The van der Waals surface area contributed by atoms with E-state index in [9.17, 15) is 4.79 Å². The fourth-order valence-electron chi connectivity index (χ4n) is 3.25. The van der Waals surface area contributed by atoms with Crippen LogP contribution in [0.2, 0.25) is 5.02 Å². The fourth-order valence-corrected chi connectivity index (χ4v) is 3.38. The van der Waals surface area contributed by atoms with Crippen molar-refractivity contribution < 1.29 is 4.79 Å². The summed E-state index contributed by atoms with van der Waals surface area (Å²) in [6.45, 7) is 0.502. The summed E-state index contributed by atoms with van der Waals surface area (Å²) >= 11 is 6.01. The van der Waals surface area contributed by atoms with Crippen LogP contribution in [0.25, 0.3) is 16.9 Å². The number of halogens is 1. The number of benzene rings is 3. The molecule has 1 aromatic heterocycles. The third-order valence-corrected chi connectivity index (χ3v) is 5.07. The zero-order valence-corrected chi connectivity index (χ0v) is 17.5. The molecule has 3 aromatic carbocycles. The van der Waals surface area contributed by atoms with E-state index in [4.69, 9.17) is 17.3 Å². The Kier molecular flexibility index (Phi) is 6.19. The van der Waals surface area contributed by atoms with E-state index >= 15 is 0 Å². The molecule has 1 heterocycles. The first kappa shape index (κ1) is 20.5. The van der Waals surface area contributed by atoms with Crippen molar-refractivity contribution in [3.63, 3.8) is 0 Å². The molecule has 0 unspecified atom stereocenters. The molecule has 0 saturated carbocycles. The molecule has 4 aromatic rings. The van der Waals surface area contributed by atoms with E-state index in [1.165, 1.54) is 0 Å². The molecular weight excluding hydrogens is 410 g/mol. The van der Waals surface area contributed by atoms with Gasteiger partial charge in [0.25, 0.3) is 0 Å². The quantitative estimate of drug-likeness (QED) is 0.395. The molecular formula is C24H22ClN5O. The van der Waals surface area contributed by atoms with Gasteiger partial charge >= 0.3 is 6.03 Å². The normalized spacial score (nSPS) is 10.6. The standard InChI is InChI=1S/C24H22ClN5O/c25-19-11-13-20(14-12-19)30-23(26)22(21(29-30)18-9-5-2-6-10-18)28-24(31)27-16-15-17-7-3-1-4-8-17/h1-14H,15-16,26H2,(H2,27,28,31). The molecule has 4 rings (SSSR count). The number of nitrogens with one attached hydrogen (secondary N) is 2. The van der Waals surface area contributed by atoms with Gasteiger partial charge < -0.3 is 16.4 Å². The minimum atomic E-state index is -0.338. The van der Waals surface area contributed by atoms with E-state index in [2.05, 4.69) is 15.7 Å². The van der Waals surface area contributed by atoms with E-state index in [1.54, 1.807) is 16.8 Å². The van der Waals surface area contributed by atoms with Crippen molar-refractivity contribution in [1.82, 2.24) is 15.1 Å². The summed E-state index contributed by atoms with van der Waals surface area (Å²) < 4.78 is 1.60. The summed E-state index contributed by atoms with van der Waals surface area (Å²) in [7, 11) is 0. The van der Waals surface area contributed by atoms with Crippen LogP contribution in [0.5, 0.6) is 0 Å². The van der Waals surface area contributed by atoms with Crippen LogP contribution in [0.3, 0.4) is 0 Å². The average molecular weight is 432 g/mol. The molecule has 0 atom stereocenters. The first-order valence-electron chi connectivity index (χ1n) is 9.90. The Morgan fingerprint density at radius 1 is 0.935 bits per heavy atom. The number of carbonyl (C=O) groups is 1. The maximum atomic E-state index is 12.6. The lowest BCUT2D eigenvalue weighted by molar-refractivity contribution is 0.252. The van der Waals surface area contributed by atoms with Crippen molar-refractivity contribution >= 4 is 29.1 Å². The van der Waals surface area contributed by atoms with Gasteiger partial charge in [0.05, 0.1) is 5.69 Å². The number of nitrogen functional groups attached to an aromatic ring is 1. The zero-order chi connectivity index (χ0) is 21.6. The largest absolute Gasteiger partial charge is 0.382 e. The Morgan fingerprint density at radius 3 is 2.26 bits per heavy atom. The summed E-state index contributed by atoms with van der Waals surface area (Å²) in [5.74, 6) is 0.333. The van der Waals surface area contributed by atoms with Crippen molar-refractivity contribution in [3.8, 4) is 16.9 Å². The number of hydrogen-bond donors (Lipinski definition) is 3. The molecule has 0 fully saturated rings. The van der Waals surface area contributed by atoms with Crippen LogP contribution >= 0.6 is 11.6 Å². The summed E-state index contributed by atoms with van der Waals surface area (Å²) in [6.07, 6.45) is 0.735. The highest BCUT2D eigenvalue weighted by Gasteiger charge is 2.20. The Bertz CT molecular complexity index is 1160. The average Bonchev–Trinajstić information content (AvgIpc) is 3.12. The maximum Gasteiger partial charge on any atom is 0.319 e. The van der Waals surface area contributed by atoms with E-state index in [1.807, 2.05) is 72.8 Å². The van der Waals surface area contributed by atoms with Crippen molar-refractivity contribution in [2.45, 2.75) is 6.42 Å². The van der Waals surface area contributed by atoms with Crippen LogP contribution in [-0.2, 0) is 6.42 Å². The molecule has 0 bridgehead atoms. The maximum absolute atomic E-state index is 12.6. The second kappa shape index (κ2) is 9.36. The molecule has 31 heavy (non-hydrogen) atoms. The number of aromatic nitrogens is 2. The topological polar surface area (TPSA) is 85.0 Å². The number of rotatable bonds is 6. The molecule has 156 valence electrons. The molecule has 6 nitrogen and oxygen atoms in total. The highest BCUT2D eigenvalue weighted by molar-refractivity contribution is 6.30. The SMILES string of the molecule is Nc1c(NC(=O)NCCc2ccccc2)c(-c2ccccc2)nn1-c1ccc(Cl)cc1. The Morgan fingerprint density at radius 2 is 1.58 bits per heavy atom. The number of urea groups is 1. The second-order valence-electron chi connectivity index (χ2n) is 6.98. The van der Waals surface area contributed by atoms with Gasteiger partial charge in [-0.15, -0.1) is 0 Å². The van der Waals surface area contributed by atoms with Gasteiger partial charge in [-0.2, -0.15) is 5.10 Å². The highest BCUT2D eigenvalue weighted by Crippen LogP contribution is 2.34. The number of nitrogens with zero attached hydrogens (tertiary/aromatic N) is 2. The van der Waals surface area contributed by atoms with Gasteiger partial charge in [0.15, 0.2) is 5.82 Å². The molecule has 0 aliphatic heterocycles. The third kappa shape index (κ3) is 4.87. The predicted molar refractivity (Wildman–Crippen MR) is 126 cm³/mol. The van der Waals surface area contributed by atoms with E-state index in [0.29, 0.717) is 28.8 Å². The number of anilines is 2. The van der Waals surface area contributed by atoms with E-state index < -0.39 is 0 Å². The first-order valence-corrected chi connectivity index (χ1v) is 10.3. The number of hydrogen-bond acceptors (Lipinski definition) is 3. The van der Waals surface area contributed by atoms with E-state index in [-0.39, 0.29) is 6.03 Å². The molecule has 0 aliphatic rings. The van der Waals surface area contributed by atoms with Crippen LogP contribution in [0, 0.1) is 0 Å². The van der Waals surface area contributed by atoms with Crippen molar-refractivity contribution in [2.75, 3.05) is 17.6 Å². The van der Waals surface area contributed by atoms with E-state index in [0.717, 1.165) is 23.2 Å². The predicted octanol–water partition coefficient (Wildman–Crippen LogP) is 5.14. The first-order chi connectivity index (χ1) is 15.1. The molecule has 0 aliphatic carbocycles. The second-order valence-corrected chi connectivity index (χ2v) is 7.42.